The number of carbonyl (C=O) groups is 1. The van der Waals surface area contributed by atoms with E-state index in [-0.39, 0.29) is 5.91 Å². The summed E-state index contributed by atoms with van der Waals surface area (Å²) in [5, 5.41) is 2.89. The SMILES string of the molecule is CC(C)N(C)CCCCNC(=O)c1cc(N)cc(N)c1. The number of hydrogen-bond donors (Lipinski definition) is 3. The summed E-state index contributed by atoms with van der Waals surface area (Å²) in [5.41, 5.74) is 12.9. The Bertz CT molecular complexity index is 425. The number of nitrogens with one attached hydrogen (secondary N) is 1. The molecule has 5 heteroatoms. The van der Waals surface area contributed by atoms with Crippen LogP contribution in [0.1, 0.15) is 37.0 Å². The fraction of sp³-hybridized carbons (Fsp3) is 0.533. The highest BCUT2D eigenvalue weighted by Gasteiger charge is 2.07. The molecule has 0 heterocycles. The van der Waals surface area contributed by atoms with Crippen molar-refractivity contribution in [2.24, 2.45) is 0 Å². The predicted octanol–water partition coefficient (Wildman–Crippen LogP) is 1.70. The smallest absolute Gasteiger partial charge is 0.251 e. The molecule has 0 unspecified atom stereocenters. The maximum Gasteiger partial charge on any atom is 0.251 e. The third-order valence-electron chi connectivity index (χ3n) is 3.34. The van der Waals surface area contributed by atoms with E-state index in [0.29, 0.717) is 29.5 Å². The zero-order valence-electron chi connectivity index (χ0n) is 12.6. The van der Waals surface area contributed by atoms with Crippen LogP contribution in [0.15, 0.2) is 18.2 Å². The van der Waals surface area contributed by atoms with Gasteiger partial charge in [0.05, 0.1) is 0 Å². The maximum atomic E-state index is 11.9. The molecule has 0 saturated carbocycles. The second-order valence-electron chi connectivity index (χ2n) is 5.43. The van der Waals surface area contributed by atoms with Crippen LogP contribution in [-0.4, -0.2) is 37.0 Å². The van der Waals surface area contributed by atoms with Crippen LogP contribution in [0.4, 0.5) is 11.4 Å². The summed E-state index contributed by atoms with van der Waals surface area (Å²) in [4.78, 5) is 14.2. The van der Waals surface area contributed by atoms with Crippen molar-refractivity contribution in [2.45, 2.75) is 32.7 Å². The topological polar surface area (TPSA) is 84.4 Å². The molecule has 0 bridgehead atoms. The van der Waals surface area contributed by atoms with Crippen molar-refractivity contribution in [3.63, 3.8) is 0 Å². The molecule has 0 saturated heterocycles. The normalized spacial score (nSPS) is 11.1. The van der Waals surface area contributed by atoms with Crippen molar-refractivity contribution >= 4 is 17.3 Å². The highest BCUT2D eigenvalue weighted by molar-refractivity contribution is 5.96. The first-order chi connectivity index (χ1) is 9.40. The van der Waals surface area contributed by atoms with Crippen LogP contribution in [0.5, 0.6) is 0 Å². The van der Waals surface area contributed by atoms with Crippen LogP contribution >= 0.6 is 0 Å². The number of amides is 1. The fourth-order valence-corrected chi connectivity index (χ4v) is 1.86. The second kappa shape index (κ2) is 7.75. The molecule has 1 aromatic rings. The number of benzene rings is 1. The van der Waals surface area contributed by atoms with E-state index < -0.39 is 0 Å². The van der Waals surface area contributed by atoms with Crippen molar-refractivity contribution < 1.29 is 4.79 Å². The number of carbonyl (C=O) groups excluding carboxylic acids is 1. The van der Waals surface area contributed by atoms with Crippen molar-refractivity contribution in [3.05, 3.63) is 23.8 Å². The summed E-state index contributed by atoms with van der Waals surface area (Å²) in [6.45, 7) is 6.05. The molecule has 20 heavy (non-hydrogen) atoms. The number of unbranched alkanes of at least 4 members (excludes halogenated alkanes) is 1. The van der Waals surface area contributed by atoms with Crippen LogP contribution in [0.3, 0.4) is 0 Å². The van der Waals surface area contributed by atoms with Gasteiger partial charge in [-0.1, -0.05) is 0 Å². The first-order valence-electron chi connectivity index (χ1n) is 7.04. The first kappa shape index (κ1) is 16.3. The number of anilines is 2. The molecule has 0 aromatic heterocycles. The lowest BCUT2D eigenvalue weighted by atomic mass is 10.1. The highest BCUT2D eigenvalue weighted by atomic mass is 16.1. The Labute approximate surface area is 121 Å². The Hall–Kier alpha value is -1.75. The number of hydrogen-bond acceptors (Lipinski definition) is 4. The van der Waals surface area contributed by atoms with Gasteiger partial charge in [-0.3, -0.25) is 4.79 Å². The minimum absolute atomic E-state index is 0.124. The van der Waals surface area contributed by atoms with Crippen LogP contribution < -0.4 is 16.8 Å². The zero-order chi connectivity index (χ0) is 15.1. The van der Waals surface area contributed by atoms with Crippen molar-refractivity contribution in [1.29, 1.82) is 0 Å². The third-order valence-corrected chi connectivity index (χ3v) is 3.34. The fourth-order valence-electron chi connectivity index (χ4n) is 1.86. The molecule has 0 aliphatic heterocycles. The van der Waals surface area contributed by atoms with E-state index in [2.05, 4.69) is 31.1 Å². The highest BCUT2D eigenvalue weighted by Crippen LogP contribution is 2.13. The molecule has 0 fully saturated rings. The largest absolute Gasteiger partial charge is 0.399 e. The van der Waals surface area contributed by atoms with Gasteiger partial charge in [0.25, 0.3) is 5.91 Å². The van der Waals surface area contributed by atoms with Crippen LogP contribution in [0.25, 0.3) is 0 Å². The van der Waals surface area contributed by atoms with E-state index >= 15 is 0 Å². The second-order valence-corrected chi connectivity index (χ2v) is 5.43. The molecule has 0 aliphatic rings. The van der Waals surface area contributed by atoms with Crippen molar-refractivity contribution in [2.75, 3.05) is 31.6 Å². The lowest BCUT2D eigenvalue weighted by Gasteiger charge is -2.20. The Balaban J connectivity index is 2.30. The van der Waals surface area contributed by atoms with Gasteiger partial charge in [-0.05, 0) is 58.5 Å². The van der Waals surface area contributed by atoms with E-state index in [1.165, 1.54) is 0 Å². The van der Waals surface area contributed by atoms with Gasteiger partial charge in [-0.2, -0.15) is 0 Å². The van der Waals surface area contributed by atoms with Crippen LogP contribution in [0.2, 0.25) is 0 Å². The molecule has 5 N–H and O–H groups in total. The van der Waals surface area contributed by atoms with Gasteiger partial charge in [0.1, 0.15) is 0 Å². The summed E-state index contributed by atoms with van der Waals surface area (Å²) in [6, 6.07) is 5.47. The Morgan fingerprint density at radius 1 is 1.20 bits per heavy atom. The molecule has 1 rings (SSSR count). The number of nitrogens with zero attached hydrogens (tertiary/aromatic N) is 1. The summed E-state index contributed by atoms with van der Waals surface area (Å²) in [6.07, 6.45) is 2.02. The lowest BCUT2D eigenvalue weighted by molar-refractivity contribution is 0.0952. The third kappa shape index (κ3) is 5.48. The zero-order valence-corrected chi connectivity index (χ0v) is 12.6. The minimum atomic E-state index is -0.124. The van der Waals surface area contributed by atoms with Gasteiger partial charge >= 0.3 is 0 Å². The van der Waals surface area contributed by atoms with Crippen LogP contribution in [0, 0.1) is 0 Å². The molecular formula is C15H26N4O. The van der Waals surface area contributed by atoms with Gasteiger partial charge in [-0.25, -0.2) is 0 Å². The van der Waals surface area contributed by atoms with E-state index in [0.717, 1.165) is 19.4 Å². The standard InChI is InChI=1S/C15H26N4O/c1-11(2)19(3)7-5-4-6-18-15(20)12-8-13(16)10-14(17)9-12/h8-11H,4-7,16-17H2,1-3H3,(H,18,20). The molecule has 1 aromatic carbocycles. The number of nitrogens with two attached hydrogens (primary N) is 2. The van der Waals surface area contributed by atoms with Crippen LogP contribution in [-0.2, 0) is 0 Å². The van der Waals surface area contributed by atoms with E-state index in [1.807, 2.05) is 0 Å². The Kier molecular flexibility index (Phi) is 6.31. The molecule has 0 radical (unpaired) electrons. The van der Waals surface area contributed by atoms with Gasteiger partial charge in [0.15, 0.2) is 0 Å². The number of rotatable bonds is 7. The summed E-state index contributed by atoms with van der Waals surface area (Å²) in [7, 11) is 2.11. The van der Waals surface area contributed by atoms with Crippen molar-refractivity contribution in [1.82, 2.24) is 10.2 Å². The van der Waals surface area contributed by atoms with Gasteiger partial charge in [0.2, 0.25) is 0 Å². The van der Waals surface area contributed by atoms with E-state index in [9.17, 15) is 4.79 Å². The quantitative estimate of drug-likeness (QED) is 0.523. The van der Waals surface area contributed by atoms with Crippen molar-refractivity contribution in [3.8, 4) is 0 Å². The summed E-state index contributed by atoms with van der Waals surface area (Å²) < 4.78 is 0. The first-order valence-corrected chi connectivity index (χ1v) is 7.04. The van der Waals surface area contributed by atoms with Gasteiger partial charge in [0, 0.05) is 29.5 Å². The average Bonchev–Trinajstić information content (AvgIpc) is 2.36. The average molecular weight is 278 g/mol. The minimum Gasteiger partial charge on any atom is -0.399 e. The number of nitrogen functional groups attached to an aromatic ring is 2. The lowest BCUT2D eigenvalue weighted by Crippen LogP contribution is -2.29. The molecule has 0 spiro atoms. The summed E-state index contributed by atoms with van der Waals surface area (Å²) >= 11 is 0. The summed E-state index contributed by atoms with van der Waals surface area (Å²) in [5.74, 6) is -0.124. The van der Waals surface area contributed by atoms with Gasteiger partial charge < -0.3 is 21.7 Å². The Morgan fingerprint density at radius 2 is 1.80 bits per heavy atom. The molecular weight excluding hydrogens is 252 g/mol. The molecule has 112 valence electrons. The molecule has 1 amide bonds. The molecule has 0 atom stereocenters. The molecule has 5 nitrogen and oxygen atoms in total. The molecule has 0 aliphatic carbocycles. The predicted molar refractivity (Wildman–Crippen MR) is 84.6 cm³/mol. The van der Waals surface area contributed by atoms with Gasteiger partial charge in [-0.15, -0.1) is 0 Å². The maximum absolute atomic E-state index is 11.9. The monoisotopic (exact) mass is 278 g/mol. The van der Waals surface area contributed by atoms with E-state index in [1.54, 1.807) is 18.2 Å². The Morgan fingerprint density at radius 3 is 2.35 bits per heavy atom. The van der Waals surface area contributed by atoms with E-state index in [4.69, 9.17) is 11.5 Å².